The first-order valence-electron chi connectivity index (χ1n) is 7.89. The summed E-state index contributed by atoms with van der Waals surface area (Å²) in [6.45, 7) is 4.47. The minimum atomic E-state index is -1.15. The number of aliphatic carboxylic acids is 1. The summed E-state index contributed by atoms with van der Waals surface area (Å²) in [5.74, 6) is -1.03. The van der Waals surface area contributed by atoms with E-state index < -0.39 is 16.9 Å². The summed E-state index contributed by atoms with van der Waals surface area (Å²) in [6.07, 6.45) is 3.98. The number of carboxylic acids is 1. The first-order chi connectivity index (χ1) is 10.0. The highest BCUT2D eigenvalue weighted by atomic mass is 16.5. The summed E-state index contributed by atoms with van der Waals surface area (Å²) < 4.78 is 5.25. The number of hydrogen-bond acceptors (Lipinski definition) is 4. The molecule has 0 radical (unpaired) electrons. The maximum atomic E-state index is 12.8. The van der Waals surface area contributed by atoms with Gasteiger partial charge in [0.05, 0.1) is 5.41 Å². The largest absolute Gasteiger partial charge is 0.480 e. The zero-order valence-corrected chi connectivity index (χ0v) is 12.7. The Hall–Kier alpha value is -1.14. The third kappa shape index (κ3) is 3.37. The first-order valence-corrected chi connectivity index (χ1v) is 7.89. The van der Waals surface area contributed by atoms with Crippen molar-refractivity contribution in [2.24, 2.45) is 5.41 Å². The second-order valence-electron chi connectivity index (χ2n) is 6.23. The molecule has 0 bridgehead atoms. The van der Waals surface area contributed by atoms with Crippen LogP contribution in [0.4, 0.5) is 0 Å². The number of carbonyl (C=O) groups excluding carboxylic acids is 1. The van der Waals surface area contributed by atoms with Gasteiger partial charge in [-0.25, -0.2) is 4.79 Å². The second-order valence-corrected chi connectivity index (χ2v) is 6.23. The minimum Gasteiger partial charge on any atom is -0.480 e. The quantitative estimate of drug-likeness (QED) is 0.702. The first kappa shape index (κ1) is 16.2. The van der Waals surface area contributed by atoms with Crippen molar-refractivity contribution in [3.63, 3.8) is 0 Å². The van der Waals surface area contributed by atoms with Crippen molar-refractivity contribution in [2.45, 2.75) is 51.0 Å². The van der Waals surface area contributed by atoms with E-state index in [1.807, 2.05) is 0 Å². The van der Waals surface area contributed by atoms with Crippen LogP contribution in [0.2, 0.25) is 0 Å². The fourth-order valence-electron chi connectivity index (χ4n) is 3.44. The lowest BCUT2D eigenvalue weighted by Crippen LogP contribution is -2.61. The Morgan fingerprint density at radius 2 is 1.81 bits per heavy atom. The van der Waals surface area contributed by atoms with Gasteiger partial charge in [-0.05, 0) is 32.4 Å². The van der Waals surface area contributed by atoms with Crippen LogP contribution in [-0.2, 0) is 14.3 Å². The van der Waals surface area contributed by atoms with Gasteiger partial charge in [-0.1, -0.05) is 13.3 Å². The Bertz CT molecular complexity index is 380. The summed E-state index contributed by atoms with van der Waals surface area (Å²) >= 11 is 0. The van der Waals surface area contributed by atoms with Crippen LogP contribution >= 0.6 is 0 Å². The molecule has 2 rings (SSSR count). The second kappa shape index (κ2) is 6.75. The van der Waals surface area contributed by atoms with Crippen LogP contribution in [-0.4, -0.2) is 48.8 Å². The van der Waals surface area contributed by atoms with E-state index in [1.54, 1.807) is 0 Å². The van der Waals surface area contributed by atoms with Gasteiger partial charge >= 0.3 is 5.97 Å². The third-order valence-electron chi connectivity index (χ3n) is 4.88. The molecular weight excluding hydrogens is 272 g/mol. The van der Waals surface area contributed by atoms with E-state index in [1.165, 1.54) is 0 Å². The molecule has 1 amide bonds. The number of rotatable bonds is 5. The molecule has 2 aliphatic heterocycles. The van der Waals surface area contributed by atoms with Crippen molar-refractivity contribution in [1.29, 1.82) is 0 Å². The summed E-state index contributed by atoms with van der Waals surface area (Å²) in [4.78, 5) is 24.5. The smallest absolute Gasteiger partial charge is 0.329 e. The van der Waals surface area contributed by atoms with Crippen LogP contribution in [0.3, 0.4) is 0 Å². The molecule has 0 spiro atoms. The van der Waals surface area contributed by atoms with Crippen molar-refractivity contribution in [2.75, 3.05) is 26.3 Å². The van der Waals surface area contributed by atoms with Gasteiger partial charge in [0.15, 0.2) is 0 Å². The molecule has 0 unspecified atom stereocenters. The Morgan fingerprint density at radius 3 is 2.33 bits per heavy atom. The number of hydrogen-bond donors (Lipinski definition) is 3. The Labute approximate surface area is 125 Å². The number of amides is 1. The minimum absolute atomic E-state index is 0.0878. The molecule has 2 saturated heterocycles. The SMILES string of the molecule is CCCC1(C(=O)NC2(C(=O)O)CCOCC2)CCNCC1. The average Bonchev–Trinajstić information content (AvgIpc) is 2.49. The van der Waals surface area contributed by atoms with E-state index in [0.717, 1.165) is 38.8 Å². The number of ether oxygens (including phenoxy) is 1. The number of nitrogens with one attached hydrogen (secondary N) is 2. The zero-order chi connectivity index (χ0) is 15.3. The van der Waals surface area contributed by atoms with E-state index in [0.29, 0.717) is 26.1 Å². The molecule has 2 fully saturated rings. The van der Waals surface area contributed by atoms with Crippen LogP contribution in [0.5, 0.6) is 0 Å². The van der Waals surface area contributed by atoms with E-state index in [2.05, 4.69) is 17.6 Å². The molecule has 0 saturated carbocycles. The highest BCUT2D eigenvalue weighted by molar-refractivity contribution is 5.90. The molecule has 0 aliphatic carbocycles. The van der Waals surface area contributed by atoms with E-state index >= 15 is 0 Å². The highest BCUT2D eigenvalue weighted by Crippen LogP contribution is 2.35. The van der Waals surface area contributed by atoms with E-state index in [9.17, 15) is 14.7 Å². The predicted molar refractivity (Wildman–Crippen MR) is 78.0 cm³/mol. The van der Waals surface area contributed by atoms with Gasteiger partial charge in [-0.2, -0.15) is 0 Å². The Morgan fingerprint density at radius 1 is 1.19 bits per heavy atom. The molecule has 0 aromatic rings. The normalized spacial score (nSPS) is 24.2. The van der Waals surface area contributed by atoms with Gasteiger partial charge in [0.2, 0.25) is 5.91 Å². The summed E-state index contributed by atoms with van der Waals surface area (Å²) in [6, 6.07) is 0. The molecule has 120 valence electrons. The summed E-state index contributed by atoms with van der Waals surface area (Å²) in [5, 5.41) is 15.7. The van der Waals surface area contributed by atoms with Crippen molar-refractivity contribution in [3.05, 3.63) is 0 Å². The average molecular weight is 298 g/mol. The van der Waals surface area contributed by atoms with Crippen molar-refractivity contribution >= 4 is 11.9 Å². The molecule has 6 nitrogen and oxygen atoms in total. The molecule has 0 aromatic carbocycles. The number of piperidine rings is 1. The molecule has 0 atom stereocenters. The number of carbonyl (C=O) groups is 2. The predicted octanol–water partition coefficient (Wildman–Crippen LogP) is 0.906. The standard InChI is InChI=1S/C15H26N2O4/c1-2-3-14(4-8-16-9-5-14)12(18)17-15(13(19)20)6-10-21-11-7-15/h16H,2-11H2,1H3,(H,17,18)(H,19,20). The van der Waals surface area contributed by atoms with E-state index in [-0.39, 0.29) is 5.91 Å². The highest BCUT2D eigenvalue weighted by Gasteiger charge is 2.46. The lowest BCUT2D eigenvalue weighted by molar-refractivity contribution is -0.154. The van der Waals surface area contributed by atoms with Crippen LogP contribution in [0.15, 0.2) is 0 Å². The maximum absolute atomic E-state index is 12.8. The molecule has 21 heavy (non-hydrogen) atoms. The van der Waals surface area contributed by atoms with E-state index in [4.69, 9.17) is 4.74 Å². The van der Waals surface area contributed by atoms with Gasteiger partial charge in [0, 0.05) is 26.1 Å². The van der Waals surface area contributed by atoms with Crippen LogP contribution in [0, 0.1) is 5.41 Å². The van der Waals surface area contributed by atoms with Gasteiger partial charge in [-0.15, -0.1) is 0 Å². The summed E-state index contributed by atoms with van der Waals surface area (Å²) in [7, 11) is 0. The summed E-state index contributed by atoms with van der Waals surface area (Å²) in [5.41, 5.74) is -1.57. The molecular formula is C15H26N2O4. The molecule has 2 heterocycles. The Kier molecular flexibility index (Phi) is 5.22. The van der Waals surface area contributed by atoms with Crippen LogP contribution in [0.25, 0.3) is 0 Å². The van der Waals surface area contributed by atoms with Crippen molar-refractivity contribution in [1.82, 2.24) is 10.6 Å². The molecule has 6 heteroatoms. The lowest BCUT2D eigenvalue weighted by atomic mass is 9.73. The van der Waals surface area contributed by atoms with Gasteiger partial charge in [0.1, 0.15) is 5.54 Å². The Balaban J connectivity index is 2.14. The maximum Gasteiger partial charge on any atom is 0.329 e. The fourth-order valence-corrected chi connectivity index (χ4v) is 3.44. The van der Waals surface area contributed by atoms with Gasteiger partial charge in [0.25, 0.3) is 0 Å². The molecule has 3 N–H and O–H groups in total. The monoisotopic (exact) mass is 298 g/mol. The zero-order valence-electron chi connectivity index (χ0n) is 12.7. The third-order valence-corrected chi connectivity index (χ3v) is 4.88. The molecule has 2 aliphatic rings. The lowest BCUT2D eigenvalue weighted by Gasteiger charge is -2.41. The topological polar surface area (TPSA) is 87.7 Å². The van der Waals surface area contributed by atoms with Crippen molar-refractivity contribution in [3.8, 4) is 0 Å². The fraction of sp³-hybridized carbons (Fsp3) is 0.867. The van der Waals surface area contributed by atoms with Crippen LogP contribution in [0.1, 0.15) is 45.4 Å². The van der Waals surface area contributed by atoms with Crippen molar-refractivity contribution < 1.29 is 19.4 Å². The number of carboxylic acid groups (broad SMARTS) is 1. The van der Waals surface area contributed by atoms with Crippen LogP contribution < -0.4 is 10.6 Å². The molecule has 0 aromatic heterocycles. The van der Waals surface area contributed by atoms with Gasteiger partial charge < -0.3 is 20.5 Å². The van der Waals surface area contributed by atoms with Gasteiger partial charge in [-0.3, -0.25) is 4.79 Å².